The van der Waals surface area contributed by atoms with Crippen LogP contribution >= 0.6 is 24.0 Å². The second-order valence-electron chi connectivity index (χ2n) is 8.03. The Hall–Kier alpha value is -0.570. The van der Waals surface area contributed by atoms with Crippen LogP contribution in [0.25, 0.3) is 0 Å². The number of amides is 1. The molecule has 160 valence electrons. The predicted octanol–water partition coefficient (Wildman–Crippen LogP) is 2.96. The van der Waals surface area contributed by atoms with Crippen molar-refractivity contribution in [2.75, 3.05) is 32.7 Å². The molecule has 1 rings (SSSR count). The maximum Gasteiger partial charge on any atom is 0.221 e. The largest absolute Gasteiger partial charge is 0.369 e. The smallest absolute Gasteiger partial charge is 0.221 e. The summed E-state index contributed by atoms with van der Waals surface area (Å²) < 4.78 is 0. The SMILES string of the molecule is CCNC(=NCCCN1CCCC(C(N)=O)C1)NC(C)CCCC(C)C.I. The summed E-state index contributed by atoms with van der Waals surface area (Å²) in [6, 6.07) is 0.435. The Labute approximate surface area is 183 Å². The van der Waals surface area contributed by atoms with Crippen LogP contribution in [0.4, 0.5) is 0 Å². The number of carbonyl (C=O) groups excluding carboxylic acids is 1. The molecule has 0 aliphatic carbocycles. The van der Waals surface area contributed by atoms with Gasteiger partial charge < -0.3 is 21.3 Å². The van der Waals surface area contributed by atoms with Gasteiger partial charge in [-0.2, -0.15) is 0 Å². The lowest BCUT2D eigenvalue weighted by molar-refractivity contribution is -0.123. The van der Waals surface area contributed by atoms with Gasteiger partial charge in [-0.05, 0) is 58.5 Å². The van der Waals surface area contributed by atoms with Gasteiger partial charge in [0.25, 0.3) is 0 Å². The van der Waals surface area contributed by atoms with E-state index >= 15 is 0 Å². The summed E-state index contributed by atoms with van der Waals surface area (Å²) in [5.74, 6) is 1.56. The number of hydrogen-bond acceptors (Lipinski definition) is 3. The minimum Gasteiger partial charge on any atom is -0.369 e. The molecule has 7 heteroatoms. The third-order valence-corrected chi connectivity index (χ3v) is 4.96. The van der Waals surface area contributed by atoms with E-state index < -0.39 is 0 Å². The van der Waals surface area contributed by atoms with Crippen LogP contribution in [0.1, 0.15) is 66.2 Å². The summed E-state index contributed by atoms with van der Waals surface area (Å²) in [4.78, 5) is 18.4. The van der Waals surface area contributed by atoms with Gasteiger partial charge >= 0.3 is 0 Å². The Balaban J connectivity index is 0.00000676. The molecule has 0 radical (unpaired) electrons. The molecule has 1 fully saturated rings. The number of hydrogen-bond donors (Lipinski definition) is 3. The van der Waals surface area contributed by atoms with E-state index in [-0.39, 0.29) is 35.8 Å². The number of carbonyl (C=O) groups is 1. The van der Waals surface area contributed by atoms with E-state index in [0.717, 1.165) is 63.9 Å². The lowest BCUT2D eigenvalue weighted by Crippen LogP contribution is -2.43. The second kappa shape index (κ2) is 15.4. The summed E-state index contributed by atoms with van der Waals surface area (Å²) in [6.07, 6.45) is 6.71. The molecule has 1 saturated heterocycles. The van der Waals surface area contributed by atoms with Gasteiger partial charge in [0.15, 0.2) is 5.96 Å². The van der Waals surface area contributed by atoms with Crippen LogP contribution in [0.5, 0.6) is 0 Å². The summed E-state index contributed by atoms with van der Waals surface area (Å²) in [7, 11) is 0. The number of nitrogens with two attached hydrogens (primary N) is 1. The van der Waals surface area contributed by atoms with E-state index in [2.05, 4.69) is 43.2 Å². The number of primary amides is 1. The fourth-order valence-corrected chi connectivity index (χ4v) is 3.43. The number of piperidine rings is 1. The van der Waals surface area contributed by atoms with Gasteiger partial charge in [0.05, 0.1) is 5.92 Å². The van der Waals surface area contributed by atoms with Crippen LogP contribution < -0.4 is 16.4 Å². The zero-order valence-corrected chi connectivity index (χ0v) is 20.1. The van der Waals surface area contributed by atoms with E-state index in [9.17, 15) is 4.79 Å². The molecule has 1 heterocycles. The third kappa shape index (κ3) is 12.5. The number of guanidine groups is 1. The molecular weight excluding hydrogens is 453 g/mol. The van der Waals surface area contributed by atoms with Gasteiger partial charge in [0.1, 0.15) is 0 Å². The van der Waals surface area contributed by atoms with Gasteiger partial charge in [-0.15, -0.1) is 24.0 Å². The molecule has 2 atom stereocenters. The van der Waals surface area contributed by atoms with E-state index in [4.69, 9.17) is 10.7 Å². The zero-order valence-electron chi connectivity index (χ0n) is 17.8. The molecule has 2 unspecified atom stereocenters. The fourth-order valence-electron chi connectivity index (χ4n) is 3.43. The van der Waals surface area contributed by atoms with Gasteiger partial charge in [-0.1, -0.05) is 26.7 Å². The number of aliphatic imine (C=N–C) groups is 1. The van der Waals surface area contributed by atoms with Crippen LogP contribution in [0, 0.1) is 11.8 Å². The highest BCUT2D eigenvalue weighted by Gasteiger charge is 2.23. The first-order valence-corrected chi connectivity index (χ1v) is 10.5. The topological polar surface area (TPSA) is 82.8 Å². The molecule has 0 bridgehead atoms. The molecule has 4 N–H and O–H groups in total. The molecule has 1 amide bonds. The molecule has 0 aromatic heterocycles. The molecule has 6 nitrogen and oxygen atoms in total. The average molecular weight is 495 g/mol. The summed E-state index contributed by atoms with van der Waals surface area (Å²) in [5, 5.41) is 6.85. The maximum absolute atomic E-state index is 11.4. The Bertz CT molecular complexity index is 431. The molecular formula is C20H42IN5O. The van der Waals surface area contributed by atoms with Crippen LogP contribution in [0.15, 0.2) is 4.99 Å². The normalized spacial score (nSPS) is 19.4. The van der Waals surface area contributed by atoms with E-state index in [1.54, 1.807) is 0 Å². The number of likely N-dealkylation sites (tertiary alicyclic amines) is 1. The van der Waals surface area contributed by atoms with E-state index in [1.807, 2.05) is 0 Å². The highest BCUT2D eigenvalue weighted by atomic mass is 127. The molecule has 0 aromatic carbocycles. The summed E-state index contributed by atoms with van der Waals surface area (Å²) >= 11 is 0. The third-order valence-electron chi connectivity index (χ3n) is 4.96. The average Bonchev–Trinajstić information content (AvgIpc) is 2.58. The number of nitrogens with one attached hydrogen (secondary N) is 2. The summed E-state index contributed by atoms with van der Waals surface area (Å²) in [6.45, 7) is 13.4. The predicted molar refractivity (Wildman–Crippen MR) is 126 cm³/mol. The molecule has 0 spiro atoms. The van der Waals surface area contributed by atoms with Crippen molar-refractivity contribution >= 4 is 35.8 Å². The molecule has 1 aliphatic heterocycles. The molecule has 27 heavy (non-hydrogen) atoms. The van der Waals surface area contributed by atoms with E-state index in [0.29, 0.717) is 6.04 Å². The van der Waals surface area contributed by atoms with Crippen LogP contribution in [-0.2, 0) is 4.79 Å². The first-order valence-electron chi connectivity index (χ1n) is 10.5. The Kier molecular flexibility index (Phi) is 15.0. The Morgan fingerprint density at radius 1 is 1.26 bits per heavy atom. The van der Waals surface area contributed by atoms with Crippen molar-refractivity contribution in [3.8, 4) is 0 Å². The summed E-state index contributed by atoms with van der Waals surface area (Å²) in [5.41, 5.74) is 5.45. The van der Waals surface area contributed by atoms with Crippen molar-refractivity contribution in [2.45, 2.75) is 72.3 Å². The monoisotopic (exact) mass is 495 g/mol. The van der Waals surface area contributed by atoms with Gasteiger partial charge in [-0.3, -0.25) is 9.79 Å². The maximum atomic E-state index is 11.4. The minimum atomic E-state index is -0.155. The second-order valence-corrected chi connectivity index (χ2v) is 8.03. The standard InChI is InChI=1S/C20H41N5O.HI/c1-5-22-20(24-17(4)10-6-9-16(2)3)23-12-8-14-25-13-7-11-18(15-25)19(21)26;/h16-18H,5-15H2,1-4H3,(H2,21,26)(H2,22,23,24);1H. The van der Waals surface area contributed by atoms with Crippen molar-refractivity contribution in [3.63, 3.8) is 0 Å². The van der Waals surface area contributed by atoms with Crippen molar-refractivity contribution in [1.29, 1.82) is 0 Å². The first-order chi connectivity index (χ1) is 12.4. The highest BCUT2D eigenvalue weighted by Crippen LogP contribution is 2.16. The van der Waals surface area contributed by atoms with Gasteiger partial charge in [0.2, 0.25) is 5.91 Å². The van der Waals surface area contributed by atoms with Crippen molar-refractivity contribution < 1.29 is 4.79 Å². The fraction of sp³-hybridized carbons (Fsp3) is 0.900. The molecule has 0 aromatic rings. The van der Waals surface area contributed by atoms with Crippen LogP contribution in [0.3, 0.4) is 0 Å². The zero-order chi connectivity index (χ0) is 19.4. The first kappa shape index (κ1) is 26.4. The number of halogens is 1. The van der Waals surface area contributed by atoms with Crippen molar-refractivity contribution in [2.24, 2.45) is 22.6 Å². The lowest BCUT2D eigenvalue weighted by Gasteiger charge is -2.30. The van der Waals surface area contributed by atoms with Crippen molar-refractivity contribution in [3.05, 3.63) is 0 Å². The minimum absolute atomic E-state index is 0. The quantitative estimate of drug-likeness (QED) is 0.178. The molecule has 0 saturated carbocycles. The highest BCUT2D eigenvalue weighted by molar-refractivity contribution is 14.0. The van der Waals surface area contributed by atoms with Crippen LogP contribution in [-0.4, -0.2) is 55.5 Å². The lowest BCUT2D eigenvalue weighted by atomic mass is 9.97. The van der Waals surface area contributed by atoms with Gasteiger partial charge in [0, 0.05) is 25.7 Å². The van der Waals surface area contributed by atoms with E-state index in [1.165, 1.54) is 19.3 Å². The number of nitrogens with zero attached hydrogens (tertiary/aromatic N) is 2. The Morgan fingerprint density at radius 3 is 2.63 bits per heavy atom. The van der Waals surface area contributed by atoms with Crippen molar-refractivity contribution in [1.82, 2.24) is 15.5 Å². The molecule has 1 aliphatic rings. The Morgan fingerprint density at radius 2 is 2.00 bits per heavy atom. The van der Waals surface area contributed by atoms with Gasteiger partial charge in [-0.25, -0.2) is 0 Å². The van der Waals surface area contributed by atoms with Crippen LogP contribution in [0.2, 0.25) is 0 Å². The number of rotatable bonds is 11.